The summed E-state index contributed by atoms with van der Waals surface area (Å²) in [5.41, 5.74) is 6.69. The highest BCUT2D eigenvalue weighted by Gasteiger charge is 2.33. The van der Waals surface area contributed by atoms with E-state index in [2.05, 4.69) is 35.1 Å². The Bertz CT molecular complexity index is 2520. The first-order valence-electron chi connectivity index (χ1n) is 20.6. The normalized spacial score (nSPS) is 14.2. The lowest BCUT2D eigenvalue weighted by Crippen LogP contribution is -2.32. The van der Waals surface area contributed by atoms with Crippen molar-refractivity contribution in [3.63, 3.8) is 0 Å². The fourth-order valence-electron chi connectivity index (χ4n) is 7.37. The van der Waals surface area contributed by atoms with Crippen molar-refractivity contribution in [1.29, 1.82) is 0 Å². The number of benzene rings is 3. The minimum absolute atomic E-state index is 0.162. The van der Waals surface area contributed by atoms with E-state index in [1.165, 1.54) is 7.11 Å². The molecule has 5 aromatic rings. The van der Waals surface area contributed by atoms with Gasteiger partial charge in [0.05, 0.1) is 36.7 Å². The Morgan fingerprint density at radius 1 is 0.806 bits per heavy atom. The molecule has 0 radical (unpaired) electrons. The standard InChI is InChI=1S/C47H52N8O7/c1-29(2)49-17-19-61-37-15-11-31(12-16-37)32-20-36-25-50-39-24-43(42(60-6)23-38(39)47(59)55(36)27-32)62-18-7-8-44(56)51-35-22-41(54(5)28-35)46(58)52-34-13-9-30(10-14-34)33-21-40(45(57)48-3)53(4)26-33/h9-16,21-29,36,49H,7-8,17-20H2,1-6H3,(H,48,57)(H,51,56)(H,52,58). The lowest BCUT2D eigenvalue weighted by molar-refractivity contribution is -0.116. The van der Waals surface area contributed by atoms with Crippen molar-refractivity contribution in [3.05, 3.63) is 114 Å². The number of anilines is 2. The number of amides is 4. The number of aryl methyl sites for hydroxylation is 2. The first-order chi connectivity index (χ1) is 29.9. The molecular weight excluding hydrogens is 789 g/mol. The van der Waals surface area contributed by atoms with E-state index in [-0.39, 0.29) is 42.7 Å². The zero-order chi connectivity index (χ0) is 43.9. The minimum Gasteiger partial charge on any atom is -0.493 e. The van der Waals surface area contributed by atoms with Crippen molar-refractivity contribution in [2.75, 3.05) is 44.5 Å². The van der Waals surface area contributed by atoms with Gasteiger partial charge >= 0.3 is 0 Å². The number of methoxy groups -OCH3 is 1. The summed E-state index contributed by atoms with van der Waals surface area (Å²) in [4.78, 5) is 58.5. The van der Waals surface area contributed by atoms with E-state index in [9.17, 15) is 19.2 Å². The Morgan fingerprint density at radius 2 is 1.53 bits per heavy atom. The van der Waals surface area contributed by atoms with Crippen LogP contribution in [0, 0.1) is 0 Å². The van der Waals surface area contributed by atoms with Gasteiger partial charge in [0, 0.05) is 88.7 Å². The second-order valence-corrected chi connectivity index (χ2v) is 15.5. The number of nitrogens with one attached hydrogen (secondary N) is 4. The highest BCUT2D eigenvalue weighted by Crippen LogP contribution is 2.40. The molecular formula is C47H52N8O7. The number of aliphatic imine (C=N–C) groups is 1. The van der Waals surface area contributed by atoms with E-state index in [1.54, 1.807) is 70.9 Å². The molecule has 0 aliphatic carbocycles. The molecule has 0 saturated heterocycles. The van der Waals surface area contributed by atoms with Crippen LogP contribution in [0.15, 0.2) is 96.4 Å². The smallest absolute Gasteiger partial charge is 0.272 e. The van der Waals surface area contributed by atoms with Crippen LogP contribution in [0.1, 0.15) is 70.0 Å². The number of nitrogens with zero attached hydrogens (tertiary/aromatic N) is 4. The number of carbonyl (C=O) groups is 4. The third-order valence-electron chi connectivity index (χ3n) is 10.6. The van der Waals surface area contributed by atoms with Crippen LogP contribution in [0.3, 0.4) is 0 Å². The van der Waals surface area contributed by atoms with E-state index in [1.807, 2.05) is 61.9 Å². The van der Waals surface area contributed by atoms with E-state index in [4.69, 9.17) is 19.2 Å². The number of carbonyl (C=O) groups excluding carboxylic acids is 4. The Labute approximate surface area is 360 Å². The van der Waals surface area contributed by atoms with Crippen molar-refractivity contribution >= 4 is 52.5 Å². The summed E-state index contributed by atoms with van der Waals surface area (Å²) >= 11 is 0. The van der Waals surface area contributed by atoms with Gasteiger partial charge in [0.25, 0.3) is 17.7 Å². The van der Waals surface area contributed by atoms with Crippen molar-refractivity contribution < 1.29 is 33.4 Å². The lowest BCUT2D eigenvalue weighted by atomic mass is 10.0. The maximum Gasteiger partial charge on any atom is 0.272 e. The van der Waals surface area contributed by atoms with E-state index in [0.717, 1.165) is 34.6 Å². The highest BCUT2D eigenvalue weighted by molar-refractivity contribution is 6.06. The molecule has 0 spiro atoms. The maximum absolute atomic E-state index is 13.8. The number of fused-ring (bicyclic) bond motifs is 2. The molecule has 0 fully saturated rings. The third kappa shape index (κ3) is 9.90. The molecule has 7 rings (SSSR count). The molecule has 3 aromatic carbocycles. The number of ether oxygens (including phenoxy) is 3. The van der Waals surface area contributed by atoms with Crippen LogP contribution >= 0.6 is 0 Å². The molecule has 2 aliphatic heterocycles. The molecule has 0 saturated carbocycles. The summed E-state index contributed by atoms with van der Waals surface area (Å²) in [6.45, 7) is 5.75. The van der Waals surface area contributed by atoms with Gasteiger partial charge in [0.2, 0.25) is 5.91 Å². The first kappa shape index (κ1) is 43.0. The molecule has 0 bridgehead atoms. The molecule has 4 heterocycles. The fraction of sp³-hybridized carbons (Fsp3) is 0.298. The van der Waals surface area contributed by atoms with E-state index < -0.39 is 0 Å². The molecule has 15 heteroatoms. The fourth-order valence-corrected chi connectivity index (χ4v) is 7.37. The number of rotatable bonds is 17. The summed E-state index contributed by atoms with van der Waals surface area (Å²) in [7, 11) is 6.65. The van der Waals surface area contributed by atoms with Gasteiger partial charge in [-0.25, -0.2) is 0 Å². The SMILES string of the molecule is CNC(=O)c1cc(-c2ccc(NC(=O)c3cc(NC(=O)CCCOc4cc5c(cc4OC)C(=O)N4C=C(c6ccc(OCCNC(C)C)cc6)CC4C=N5)cn3C)cc2)cn1C. The Hall–Kier alpha value is -7.13. The minimum atomic E-state index is -0.337. The molecule has 2 aromatic heterocycles. The Balaban J connectivity index is 0.893. The van der Waals surface area contributed by atoms with Gasteiger partial charge in [-0.3, -0.25) is 24.2 Å². The summed E-state index contributed by atoms with van der Waals surface area (Å²) in [6, 6.07) is 22.2. The summed E-state index contributed by atoms with van der Waals surface area (Å²) in [6.07, 6.45) is 8.42. The van der Waals surface area contributed by atoms with E-state index >= 15 is 0 Å². The van der Waals surface area contributed by atoms with Gasteiger partial charge in [-0.1, -0.05) is 38.1 Å². The van der Waals surface area contributed by atoms with Crippen LogP contribution in [0.2, 0.25) is 0 Å². The highest BCUT2D eigenvalue weighted by atomic mass is 16.5. The molecule has 2 aliphatic rings. The zero-order valence-electron chi connectivity index (χ0n) is 35.8. The molecule has 15 nitrogen and oxygen atoms in total. The van der Waals surface area contributed by atoms with Gasteiger partial charge < -0.3 is 49.5 Å². The largest absolute Gasteiger partial charge is 0.493 e. The van der Waals surface area contributed by atoms with E-state index in [0.29, 0.717) is 71.0 Å². The number of hydrogen-bond donors (Lipinski definition) is 4. The van der Waals surface area contributed by atoms with Crippen molar-refractivity contribution in [3.8, 4) is 28.4 Å². The van der Waals surface area contributed by atoms with Gasteiger partial charge in [-0.2, -0.15) is 0 Å². The van der Waals surface area contributed by atoms with Crippen molar-refractivity contribution in [1.82, 2.24) is 24.7 Å². The van der Waals surface area contributed by atoms with Crippen LogP contribution in [0.25, 0.3) is 16.7 Å². The number of aromatic nitrogens is 2. The predicted octanol–water partition coefficient (Wildman–Crippen LogP) is 6.80. The monoisotopic (exact) mass is 840 g/mol. The summed E-state index contributed by atoms with van der Waals surface area (Å²) < 4.78 is 20.9. The first-order valence-corrected chi connectivity index (χ1v) is 20.6. The summed E-state index contributed by atoms with van der Waals surface area (Å²) in [5, 5.41) is 11.7. The van der Waals surface area contributed by atoms with Crippen molar-refractivity contribution in [2.45, 2.75) is 45.2 Å². The molecule has 1 unspecified atom stereocenters. The average molecular weight is 841 g/mol. The van der Waals surface area contributed by atoms with Crippen molar-refractivity contribution in [2.24, 2.45) is 19.1 Å². The second kappa shape index (κ2) is 19.1. The van der Waals surface area contributed by atoms with Gasteiger partial charge in [0.1, 0.15) is 23.7 Å². The predicted molar refractivity (Wildman–Crippen MR) is 240 cm³/mol. The molecule has 1 atom stereocenters. The second-order valence-electron chi connectivity index (χ2n) is 15.5. The Morgan fingerprint density at radius 3 is 2.26 bits per heavy atom. The summed E-state index contributed by atoms with van der Waals surface area (Å²) in [5.74, 6) is 0.664. The van der Waals surface area contributed by atoms with Crippen LogP contribution in [0.4, 0.5) is 17.1 Å². The Kier molecular flexibility index (Phi) is 13.2. The molecule has 62 heavy (non-hydrogen) atoms. The average Bonchev–Trinajstić information content (AvgIpc) is 3.97. The molecule has 322 valence electrons. The van der Waals surface area contributed by atoms with Crippen LogP contribution in [-0.4, -0.2) is 89.9 Å². The lowest BCUT2D eigenvalue weighted by Gasteiger charge is -2.19. The van der Waals surface area contributed by atoms with Gasteiger partial charge in [-0.05, 0) is 65.6 Å². The maximum atomic E-state index is 13.8. The topological polar surface area (TPSA) is 170 Å². The van der Waals surface area contributed by atoms with Gasteiger partial charge in [-0.15, -0.1) is 0 Å². The van der Waals surface area contributed by atoms with Crippen LogP contribution < -0.4 is 35.5 Å². The third-order valence-corrected chi connectivity index (χ3v) is 10.6. The zero-order valence-corrected chi connectivity index (χ0v) is 35.8. The molecule has 4 N–H and O–H groups in total. The molecule has 4 amide bonds. The number of hydrogen-bond acceptors (Lipinski definition) is 9. The van der Waals surface area contributed by atoms with Crippen LogP contribution in [-0.2, 0) is 18.9 Å². The van der Waals surface area contributed by atoms with Crippen LogP contribution in [0.5, 0.6) is 17.2 Å². The quantitative estimate of drug-likeness (QED) is 0.0742. The van der Waals surface area contributed by atoms with Gasteiger partial charge in [0.15, 0.2) is 11.5 Å².